The number of rotatable bonds is 2. The first-order valence-electron chi connectivity index (χ1n) is 5.09. The molecular formula is C13H10IN3. The summed E-state index contributed by atoms with van der Waals surface area (Å²) in [5, 5.41) is 11.9. The van der Waals surface area contributed by atoms with Crippen LogP contribution in [0, 0.1) is 21.8 Å². The average molecular weight is 335 g/mol. The largest absolute Gasteiger partial charge is 0.340 e. The minimum atomic E-state index is 0.414. The molecule has 84 valence electrons. The van der Waals surface area contributed by atoms with Gasteiger partial charge in [0, 0.05) is 9.26 Å². The van der Waals surface area contributed by atoms with Crippen molar-refractivity contribution < 1.29 is 0 Å². The number of benzene rings is 1. The Kier molecular flexibility index (Phi) is 3.59. The summed E-state index contributed by atoms with van der Waals surface area (Å²) in [6.07, 6.45) is 0. The normalized spacial score (nSPS) is 9.71. The first kappa shape index (κ1) is 11.9. The highest BCUT2D eigenvalue weighted by atomic mass is 127. The molecule has 0 bridgehead atoms. The van der Waals surface area contributed by atoms with Crippen molar-refractivity contribution in [2.45, 2.75) is 6.92 Å². The van der Waals surface area contributed by atoms with Gasteiger partial charge in [0.2, 0.25) is 0 Å². The van der Waals surface area contributed by atoms with Gasteiger partial charge in [-0.1, -0.05) is 12.1 Å². The van der Waals surface area contributed by atoms with Crippen molar-refractivity contribution in [3.8, 4) is 6.07 Å². The number of nitrogens with zero attached hydrogens (tertiary/aromatic N) is 2. The minimum absolute atomic E-state index is 0.414. The van der Waals surface area contributed by atoms with Crippen LogP contribution in [-0.2, 0) is 0 Å². The lowest BCUT2D eigenvalue weighted by atomic mass is 10.2. The molecule has 0 aliphatic rings. The van der Waals surface area contributed by atoms with Gasteiger partial charge in [0.1, 0.15) is 17.6 Å². The van der Waals surface area contributed by atoms with Crippen LogP contribution >= 0.6 is 22.6 Å². The van der Waals surface area contributed by atoms with Crippen LogP contribution in [0.3, 0.4) is 0 Å². The molecule has 0 unspecified atom stereocenters. The average Bonchev–Trinajstić information content (AvgIpc) is 2.34. The number of hydrogen-bond acceptors (Lipinski definition) is 3. The predicted molar refractivity (Wildman–Crippen MR) is 76.1 cm³/mol. The molecular weight excluding hydrogens is 325 g/mol. The van der Waals surface area contributed by atoms with Gasteiger partial charge < -0.3 is 5.32 Å². The highest BCUT2D eigenvalue weighted by molar-refractivity contribution is 14.1. The Labute approximate surface area is 114 Å². The minimum Gasteiger partial charge on any atom is -0.340 e. The quantitative estimate of drug-likeness (QED) is 0.853. The Hall–Kier alpha value is -1.61. The number of aryl methyl sites for hydroxylation is 1. The molecule has 0 fully saturated rings. The van der Waals surface area contributed by atoms with Gasteiger partial charge in [-0.3, -0.25) is 0 Å². The summed E-state index contributed by atoms with van der Waals surface area (Å²) in [7, 11) is 0. The highest BCUT2D eigenvalue weighted by Crippen LogP contribution is 2.20. The fourth-order valence-electron chi connectivity index (χ4n) is 1.39. The molecule has 1 N–H and O–H groups in total. The van der Waals surface area contributed by atoms with Gasteiger partial charge in [-0.15, -0.1) is 0 Å². The molecule has 1 aromatic heterocycles. The maximum Gasteiger partial charge on any atom is 0.142 e. The Bertz CT molecular complexity index is 587. The molecule has 0 radical (unpaired) electrons. The molecule has 1 heterocycles. The van der Waals surface area contributed by atoms with E-state index >= 15 is 0 Å². The molecule has 0 aliphatic carbocycles. The summed E-state index contributed by atoms with van der Waals surface area (Å²) >= 11 is 2.29. The smallest absolute Gasteiger partial charge is 0.142 e. The maximum atomic E-state index is 8.77. The number of nitriles is 1. The molecule has 17 heavy (non-hydrogen) atoms. The van der Waals surface area contributed by atoms with Gasteiger partial charge in [0.15, 0.2) is 0 Å². The Morgan fingerprint density at radius 3 is 2.82 bits per heavy atom. The summed E-state index contributed by atoms with van der Waals surface area (Å²) in [6.45, 7) is 2.07. The van der Waals surface area contributed by atoms with Crippen molar-refractivity contribution in [2.75, 3.05) is 5.32 Å². The van der Waals surface area contributed by atoms with Crippen molar-refractivity contribution in [3.05, 3.63) is 51.2 Å². The van der Waals surface area contributed by atoms with Crippen molar-refractivity contribution in [1.82, 2.24) is 4.98 Å². The molecule has 0 saturated carbocycles. The third kappa shape index (κ3) is 2.94. The van der Waals surface area contributed by atoms with Crippen LogP contribution < -0.4 is 5.32 Å². The van der Waals surface area contributed by atoms with Crippen molar-refractivity contribution >= 4 is 34.1 Å². The van der Waals surface area contributed by atoms with Gasteiger partial charge in [-0.2, -0.15) is 5.26 Å². The second-order valence-electron chi connectivity index (χ2n) is 3.61. The molecule has 4 heteroatoms. The van der Waals surface area contributed by atoms with E-state index in [0.29, 0.717) is 11.5 Å². The summed E-state index contributed by atoms with van der Waals surface area (Å²) in [6, 6.07) is 13.5. The fraction of sp³-hybridized carbons (Fsp3) is 0.0769. The zero-order valence-corrected chi connectivity index (χ0v) is 11.4. The highest BCUT2D eigenvalue weighted by Gasteiger charge is 2.00. The number of aromatic nitrogens is 1. The number of halogens is 1. The summed E-state index contributed by atoms with van der Waals surface area (Å²) < 4.78 is 1.20. The molecule has 3 nitrogen and oxygen atoms in total. The second kappa shape index (κ2) is 5.15. The van der Waals surface area contributed by atoms with E-state index in [4.69, 9.17) is 5.26 Å². The van der Waals surface area contributed by atoms with Crippen molar-refractivity contribution in [3.63, 3.8) is 0 Å². The zero-order valence-electron chi connectivity index (χ0n) is 9.24. The Balaban J connectivity index is 2.25. The SMILES string of the molecule is Cc1ccc(Nc2cccc(C#N)n2)cc1I. The van der Waals surface area contributed by atoms with Crippen LogP contribution in [0.25, 0.3) is 0 Å². The first-order valence-corrected chi connectivity index (χ1v) is 6.17. The molecule has 0 aliphatic heterocycles. The van der Waals surface area contributed by atoms with Gasteiger partial charge in [0.25, 0.3) is 0 Å². The zero-order chi connectivity index (χ0) is 12.3. The molecule has 0 atom stereocenters. The van der Waals surface area contributed by atoms with Crippen molar-refractivity contribution in [1.29, 1.82) is 5.26 Å². The van der Waals surface area contributed by atoms with Crippen LogP contribution in [0.1, 0.15) is 11.3 Å². The number of anilines is 2. The second-order valence-corrected chi connectivity index (χ2v) is 4.77. The topological polar surface area (TPSA) is 48.7 Å². The van der Waals surface area contributed by atoms with Gasteiger partial charge >= 0.3 is 0 Å². The molecule has 1 aromatic carbocycles. The van der Waals surface area contributed by atoms with E-state index < -0.39 is 0 Å². The number of pyridine rings is 1. The fourth-order valence-corrected chi connectivity index (χ4v) is 1.90. The lowest BCUT2D eigenvalue weighted by Crippen LogP contribution is -1.95. The van der Waals surface area contributed by atoms with E-state index in [1.54, 1.807) is 6.07 Å². The van der Waals surface area contributed by atoms with E-state index in [1.165, 1.54) is 9.13 Å². The van der Waals surface area contributed by atoms with Gasteiger partial charge in [-0.05, 0) is 59.3 Å². The van der Waals surface area contributed by atoms with Gasteiger partial charge in [0.05, 0.1) is 0 Å². The lowest BCUT2D eigenvalue weighted by Gasteiger charge is -2.07. The van der Waals surface area contributed by atoms with Crippen LogP contribution in [-0.4, -0.2) is 4.98 Å². The molecule has 2 rings (SSSR count). The van der Waals surface area contributed by atoms with Crippen LogP contribution in [0.15, 0.2) is 36.4 Å². The first-order chi connectivity index (χ1) is 8.19. The molecule has 0 amide bonds. The molecule has 0 saturated heterocycles. The molecule has 0 spiro atoms. The van der Waals surface area contributed by atoms with Crippen LogP contribution in [0.5, 0.6) is 0 Å². The predicted octanol–water partition coefficient (Wildman–Crippen LogP) is 3.61. The molecule has 2 aromatic rings. The van der Waals surface area contributed by atoms with E-state index in [0.717, 1.165) is 5.69 Å². The van der Waals surface area contributed by atoms with E-state index in [2.05, 4.69) is 51.9 Å². The summed E-state index contributed by atoms with van der Waals surface area (Å²) in [4.78, 5) is 4.16. The number of hydrogen-bond donors (Lipinski definition) is 1. The van der Waals surface area contributed by atoms with E-state index in [1.807, 2.05) is 24.3 Å². The Morgan fingerprint density at radius 2 is 2.12 bits per heavy atom. The van der Waals surface area contributed by atoms with Crippen LogP contribution in [0.2, 0.25) is 0 Å². The van der Waals surface area contributed by atoms with E-state index in [-0.39, 0.29) is 0 Å². The van der Waals surface area contributed by atoms with Gasteiger partial charge in [-0.25, -0.2) is 4.98 Å². The standard InChI is InChI=1S/C13H10IN3/c1-9-5-6-10(7-12(9)14)16-13-4-2-3-11(8-15)17-13/h2-7H,1H3,(H,16,17). The van der Waals surface area contributed by atoms with E-state index in [9.17, 15) is 0 Å². The maximum absolute atomic E-state index is 8.77. The van der Waals surface area contributed by atoms with Crippen LogP contribution in [0.4, 0.5) is 11.5 Å². The third-order valence-corrected chi connectivity index (χ3v) is 3.47. The van der Waals surface area contributed by atoms with Crippen molar-refractivity contribution in [2.24, 2.45) is 0 Å². The monoisotopic (exact) mass is 335 g/mol. The Morgan fingerprint density at radius 1 is 1.29 bits per heavy atom. The number of nitrogens with one attached hydrogen (secondary N) is 1. The third-order valence-electron chi connectivity index (χ3n) is 2.31. The summed E-state index contributed by atoms with van der Waals surface area (Å²) in [5.41, 5.74) is 2.63. The summed E-state index contributed by atoms with van der Waals surface area (Å²) in [5.74, 6) is 0.684. The lowest BCUT2D eigenvalue weighted by molar-refractivity contribution is 1.25.